The maximum atomic E-state index is 14.8. The Balaban J connectivity index is 1.57. The van der Waals surface area contributed by atoms with Crippen molar-refractivity contribution in [1.29, 1.82) is 0 Å². The molecule has 1 aliphatic carbocycles. The first-order valence-electron chi connectivity index (χ1n) is 11.7. The van der Waals surface area contributed by atoms with Crippen molar-refractivity contribution in [2.24, 2.45) is 10.7 Å². The number of aliphatic imine (C=N–C) groups is 1. The maximum Gasteiger partial charge on any atom is 0.135 e. The predicted molar refractivity (Wildman–Crippen MR) is 128 cm³/mol. The van der Waals surface area contributed by atoms with Crippen molar-refractivity contribution in [1.82, 2.24) is 15.0 Å². The molecule has 2 aromatic heterocycles. The lowest BCUT2D eigenvalue weighted by atomic mass is 9.89. The van der Waals surface area contributed by atoms with Crippen molar-refractivity contribution >= 4 is 17.2 Å². The summed E-state index contributed by atoms with van der Waals surface area (Å²) in [5.41, 5.74) is 9.06. The summed E-state index contributed by atoms with van der Waals surface area (Å²) in [6.45, 7) is 1.37. The second-order valence-electron chi connectivity index (χ2n) is 9.03. The normalized spacial score (nSPS) is 21.2. The molecular weight excluding hydrogens is 455 g/mol. The van der Waals surface area contributed by atoms with Crippen molar-refractivity contribution in [3.05, 3.63) is 64.8 Å². The third-order valence-electron chi connectivity index (χ3n) is 6.51. The van der Waals surface area contributed by atoms with E-state index in [-0.39, 0.29) is 34.5 Å². The molecule has 1 saturated heterocycles. The van der Waals surface area contributed by atoms with Crippen LogP contribution in [0.1, 0.15) is 48.7 Å². The van der Waals surface area contributed by atoms with Crippen LogP contribution in [0.15, 0.2) is 41.0 Å². The Morgan fingerprint density at radius 2 is 2.00 bits per heavy atom. The molecule has 182 valence electrons. The van der Waals surface area contributed by atoms with E-state index in [1.54, 1.807) is 13.1 Å². The summed E-state index contributed by atoms with van der Waals surface area (Å²) in [6, 6.07) is 5.48. The Morgan fingerprint density at radius 3 is 2.71 bits per heavy atom. The van der Waals surface area contributed by atoms with Crippen LogP contribution in [0.3, 0.4) is 0 Å². The smallest absolute Gasteiger partial charge is 0.135 e. The zero-order chi connectivity index (χ0) is 24.5. The van der Waals surface area contributed by atoms with E-state index in [1.807, 2.05) is 6.07 Å². The lowest BCUT2D eigenvalue weighted by molar-refractivity contribution is 0.0321. The van der Waals surface area contributed by atoms with Gasteiger partial charge >= 0.3 is 0 Å². The average molecular weight is 482 g/mol. The van der Waals surface area contributed by atoms with E-state index in [0.29, 0.717) is 42.4 Å². The minimum absolute atomic E-state index is 0.0207. The number of hydrogen-bond donors (Lipinski definition) is 1. The fourth-order valence-electron chi connectivity index (χ4n) is 4.35. The predicted octanol–water partition coefficient (Wildman–Crippen LogP) is 5.09. The fourth-order valence-corrected chi connectivity index (χ4v) is 4.35. The molecular formula is C26H26F3N5O. The van der Waals surface area contributed by atoms with Gasteiger partial charge in [-0.05, 0) is 50.8 Å². The van der Waals surface area contributed by atoms with Crippen LogP contribution in [-0.4, -0.2) is 39.9 Å². The standard InChI is InChI=1S/C26H26F3N5O/c1-14-23(11-27)34-26-22(32-14)10-21(33-25(26)19-5-2-17(28)9-20(19)29)15-6-7-35-24(8-15)16(12-30)13-31-18-3-4-18/h2,5,9-10,12-13,15,18,24H,3-4,6-8,11,30H2,1H3/b16-12+,31-13?. The summed E-state index contributed by atoms with van der Waals surface area (Å²) < 4.78 is 47.9. The van der Waals surface area contributed by atoms with Gasteiger partial charge in [-0.2, -0.15) is 0 Å². The number of aryl methyl sites for hydroxylation is 1. The molecule has 6 nitrogen and oxygen atoms in total. The monoisotopic (exact) mass is 481 g/mol. The molecule has 2 unspecified atom stereocenters. The molecule has 2 N–H and O–H groups in total. The molecule has 9 heteroatoms. The Morgan fingerprint density at radius 1 is 1.17 bits per heavy atom. The van der Waals surface area contributed by atoms with Gasteiger partial charge in [-0.1, -0.05) is 0 Å². The summed E-state index contributed by atoms with van der Waals surface area (Å²) in [4.78, 5) is 18.2. The number of nitrogens with two attached hydrogens (primary N) is 1. The van der Waals surface area contributed by atoms with Gasteiger partial charge in [0, 0.05) is 47.8 Å². The summed E-state index contributed by atoms with van der Waals surface area (Å²) in [5.74, 6) is -1.48. The highest BCUT2D eigenvalue weighted by Crippen LogP contribution is 2.36. The molecule has 0 amide bonds. The van der Waals surface area contributed by atoms with Crippen LogP contribution in [0, 0.1) is 18.6 Å². The highest BCUT2D eigenvalue weighted by atomic mass is 19.1. The van der Waals surface area contributed by atoms with Crippen molar-refractivity contribution in [2.45, 2.75) is 57.3 Å². The first kappa shape index (κ1) is 23.4. The van der Waals surface area contributed by atoms with Gasteiger partial charge in [0.25, 0.3) is 0 Å². The van der Waals surface area contributed by atoms with E-state index < -0.39 is 18.3 Å². The average Bonchev–Trinajstić information content (AvgIpc) is 3.68. The summed E-state index contributed by atoms with van der Waals surface area (Å²) >= 11 is 0. The molecule has 3 aromatic rings. The number of alkyl halides is 1. The van der Waals surface area contributed by atoms with Gasteiger partial charge in [0.15, 0.2) is 0 Å². The van der Waals surface area contributed by atoms with Gasteiger partial charge in [-0.25, -0.2) is 28.1 Å². The zero-order valence-electron chi connectivity index (χ0n) is 19.3. The van der Waals surface area contributed by atoms with E-state index >= 15 is 0 Å². The van der Waals surface area contributed by atoms with Gasteiger partial charge in [0.1, 0.15) is 29.5 Å². The number of fused-ring (bicyclic) bond motifs is 1. The topological polar surface area (TPSA) is 86.3 Å². The molecule has 0 radical (unpaired) electrons. The fraction of sp³-hybridized carbons (Fsp3) is 0.385. The number of nitrogens with zero attached hydrogens (tertiary/aromatic N) is 4. The summed E-state index contributed by atoms with van der Waals surface area (Å²) in [6.07, 6.45) is 6.58. The maximum absolute atomic E-state index is 14.8. The van der Waals surface area contributed by atoms with Crippen molar-refractivity contribution in [2.75, 3.05) is 6.61 Å². The van der Waals surface area contributed by atoms with E-state index in [4.69, 9.17) is 15.5 Å². The Bertz CT molecular complexity index is 1320. The minimum atomic E-state index is -0.805. The highest BCUT2D eigenvalue weighted by molar-refractivity contribution is 5.90. The SMILES string of the molecule is Cc1nc2cc(C3CCOC(/C(C=NC4CC4)=C/N)C3)nc(-c3ccc(F)cc3F)c2nc1CF. The molecule has 5 rings (SSSR count). The minimum Gasteiger partial charge on any atom is -0.404 e. The first-order chi connectivity index (χ1) is 17.0. The van der Waals surface area contributed by atoms with Crippen LogP contribution in [0.2, 0.25) is 0 Å². The molecule has 1 aliphatic heterocycles. The van der Waals surface area contributed by atoms with Crippen LogP contribution in [0.5, 0.6) is 0 Å². The van der Waals surface area contributed by atoms with E-state index in [0.717, 1.165) is 30.5 Å². The second-order valence-corrected chi connectivity index (χ2v) is 9.03. The number of aromatic nitrogens is 3. The van der Waals surface area contributed by atoms with Crippen LogP contribution in [0.4, 0.5) is 13.2 Å². The first-order valence-corrected chi connectivity index (χ1v) is 11.7. The third-order valence-corrected chi connectivity index (χ3v) is 6.51. The molecule has 2 fully saturated rings. The van der Waals surface area contributed by atoms with Gasteiger partial charge in [-0.15, -0.1) is 0 Å². The Hall–Kier alpha value is -3.33. The van der Waals surface area contributed by atoms with Gasteiger partial charge in [0.05, 0.1) is 29.1 Å². The quantitative estimate of drug-likeness (QED) is 0.496. The van der Waals surface area contributed by atoms with E-state index in [2.05, 4.69) is 15.0 Å². The molecule has 1 saturated carbocycles. The van der Waals surface area contributed by atoms with E-state index in [1.165, 1.54) is 12.3 Å². The molecule has 35 heavy (non-hydrogen) atoms. The Kier molecular flexibility index (Phi) is 6.51. The number of ether oxygens (including phenoxy) is 1. The molecule has 0 bridgehead atoms. The Labute approximate surface area is 201 Å². The lowest BCUT2D eigenvalue weighted by Crippen LogP contribution is -2.28. The van der Waals surface area contributed by atoms with Crippen molar-refractivity contribution < 1.29 is 17.9 Å². The lowest BCUT2D eigenvalue weighted by Gasteiger charge is -2.30. The summed E-state index contributed by atoms with van der Waals surface area (Å²) in [7, 11) is 0. The number of pyridine rings is 1. The summed E-state index contributed by atoms with van der Waals surface area (Å²) in [5, 5.41) is 0. The molecule has 3 heterocycles. The second kappa shape index (κ2) is 9.73. The molecule has 2 aliphatic rings. The zero-order valence-corrected chi connectivity index (χ0v) is 19.3. The van der Waals surface area contributed by atoms with Gasteiger partial charge in [0.2, 0.25) is 0 Å². The molecule has 2 atom stereocenters. The largest absolute Gasteiger partial charge is 0.404 e. The number of rotatable bonds is 6. The van der Waals surface area contributed by atoms with Gasteiger partial charge < -0.3 is 10.5 Å². The van der Waals surface area contributed by atoms with E-state index in [9.17, 15) is 13.2 Å². The van der Waals surface area contributed by atoms with Crippen molar-refractivity contribution in [3.63, 3.8) is 0 Å². The molecule has 0 spiro atoms. The van der Waals surface area contributed by atoms with Gasteiger partial charge in [-0.3, -0.25) is 4.99 Å². The van der Waals surface area contributed by atoms with Crippen LogP contribution in [-0.2, 0) is 11.4 Å². The van der Waals surface area contributed by atoms with Crippen molar-refractivity contribution in [3.8, 4) is 11.3 Å². The number of halogens is 3. The highest BCUT2D eigenvalue weighted by Gasteiger charge is 2.29. The number of benzene rings is 1. The van der Waals surface area contributed by atoms with Crippen LogP contribution in [0.25, 0.3) is 22.3 Å². The van der Waals surface area contributed by atoms with Crippen LogP contribution < -0.4 is 5.73 Å². The third kappa shape index (κ3) is 4.91. The van der Waals surface area contributed by atoms with Crippen LogP contribution >= 0.6 is 0 Å². The number of hydrogen-bond acceptors (Lipinski definition) is 6. The molecule has 1 aromatic carbocycles.